The number of aryl methyl sites for hydroxylation is 4. The zero-order valence-electron chi connectivity index (χ0n) is 24.8. The summed E-state index contributed by atoms with van der Waals surface area (Å²) in [6.07, 6.45) is 0.982. The molecule has 0 unspecified atom stereocenters. The highest BCUT2D eigenvalue weighted by atomic mass is 19.4. The Bertz CT molecular complexity index is 1540. The van der Waals surface area contributed by atoms with Gasteiger partial charge in [-0.25, -0.2) is 9.97 Å². The SMILES string of the molecule is CCc1cc(-n2nc(C)cc2Nc2cc(CC(=O)c3cc(CCCCC(C)C)cc(C(F)(F)F)c3)ccc2C)ncn1. The van der Waals surface area contributed by atoms with Crippen molar-refractivity contribution in [3.8, 4) is 5.82 Å². The molecule has 4 aromatic rings. The highest BCUT2D eigenvalue weighted by molar-refractivity contribution is 5.98. The predicted octanol–water partition coefficient (Wildman–Crippen LogP) is 8.40. The fraction of sp³-hybridized carbons (Fsp3) is 0.394. The molecular formula is C33H38F3N5O. The van der Waals surface area contributed by atoms with Gasteiger partial charge in [0.2, 0.25) is 0 Å². The van der Waals surface area contributed by atoms with E-state index >= 15 is 0 Å². The number of nitrogens with one attached hydrogen (secondary N) is 1. The minimum absolute atomic E-state index is 0.0207. The normalized spacial score (nSPS) is 11.7. The van der Waals surface area contributed by atoms with E-state index in [4.69, 9.17) is 0 Å². The van der Waals surface area contributed by atoms with Crippen molar-refractivity contribution in [2.45, 2.75) is 79.3 Å². The molecule has 0 saturated carbocycles. The van der Waals surface area contributed by atoms with Gasteiger partial charge < -0.3 is 5.32 Å². The third kappa shape index (κ3) is 8.05. The topological polar surface area (TPSA) is 72.7 Å². The van der Waals surface area contributed by atoms with Crippen molar-refractivity contribution in [3.63, 3.8) is 0 Å². The molecule has 222 valence electrons. The molecule has 0 spiro atoms. The Hall–Kier alpha value is -4.01. The van der Waals surface area contributed by atoms with Gasteiger partial charge in [-0.3, -0.25) is 4.79 Å². The number of halogens is 3. The van der Waals surface area contributed by atoms with Gasteiger partial charge in [0.15, 0.2) is 11.6 Å². The number of nitrogens with zero attached hydrogens (tertiary/aromatic N) is 4. The molecular weight excluding hydrogens is 539 g/mol. The lowest BCUT2D eigenvalue weighted by molar-refractivity contribution is -0.137. The number of carbonyl (C=O) groups excluding carboxylic acids is 1. The number of ketones is 1. The Morgan fingerprint density at radius 2 is 1.76 bits per heavy atom. The maximum absolute atomic E-state index is 13.7. The number of aromatic nitrogens is 4. The van der Waals surface area contributed by atoms with Crippen LogP contribution in [0.2, 0.25) is 0 Å². The van der Waals surface area contributed by atoms with Gasteiger partial charge >= 0.3 is 6.18 Å². The summed E-state index contributed by atoms with van der Waals surface area (Å²) in [6.45, 7) is 10.1. The van der Waals surface area contributed by atoms with Gasteiger partial charge in [-0.2, -0.15) is 23.0 Å². The van der Waals surface area contributed by atoms with Crippen LogP contribution in [0.15, 0.2) is 54.9 Å². The van der Waals surface area contributed by atoms with Crippen molar-refractivity contribution >= 4 is 17.3 Å². The molecule has 2 aromatic heterocycles. The Morgan fingerprint density at radius 3 is 2.48 bits per heavy atom. The summed E-state index contributed by atoms with van der Waals surface area (Å²) in [5, 5.41) is 7.99. The standard InChI is InChI=1S/C33H38F3N5O/c1-6-28-19-31(38-20-37-28)41-32(13-23(5)40-41)39-29-16-25(12-11-22(29)4)17-30(42)26-14-24(10-8-7-9-21(2)3)15-27(18-26)33(34,35)36/h11-16,18-21,39H,6-10,17H2,1-5H3. The number of unbranched alkanes of at least 4 members (excludes halogenated alkanes) is 1. The van der Waals surface area contributed by atoms with Crippen LogP contribution in [-0.2, 0) is 25.4 Å². The molecule has 0 bridgehead atoms. The minimum atomic E-state index is -4.52. The van der Waals surface area contributed by atoms with Gasteiger partial charge in [-0.1, -0.05) is 45.7 Å². The van der Waals surface area contributed by atoms with E-state index in [1.54, 1.807) is 10.7 Å². The molecule has 0 aliphatic heterocycles. The van der Waals surface area contributed by atoms with E-state index in [1.807, 2.05) is 51.1 Å². The van der Waals surface area contributed by atoms with E-state index in [2.05, 4.69) is 34.2 Å². The van der Waals surface area contributed by atoms with Crippen molar-refractivity contribution in [2.24, 2.45) is 5.92 Å². The first-order valence-electron chi connectivity index (χ1n) is 14.4. The molecule has 0 fully saturated rings. The summed E-state index contributed by atoms with van der Waals surface area (Å²) < 4.78 is 42.8. The minimum Gasteiger partial charge on any atom is -0.340 e. The zero-order chi connectivity index (χ0) is 30.4. The van der Waals surface area contributed by atoms with Crippen LogP contribution in [0.5, 0.6) is 0 Å². The van der Waals surface area contributed by atoms with Crippen molar-refractivity contribution in [2.75, 3.05) is 5.32 Å². The van der Waals surface area contributed by atoms with Crippen LogP contribution in [-0.4, -0.2) is 25.5 Å². The molecule has 0 aliphatic carbocycles. The molecule has 0 saturated heterocycles. The lowest BCUT2D eigenvalue weighted by Gasteiger charge is -2.14. The maximum atomic E-state index is 13.7. The third-order valence-corrected chi connectivity index (χ3v) is 7.19. The van der Waals surface area contributed by atoms with Crippen LogP contribution in [0.1, 0.15) is 84.0 Å². The summed E-state index contributed by atoms with van der Waals surface area (Å²) in [4.78, 5) is 21.9. The molecule has 0 atom stereocenters. The molecule has 6 nitrogen and oxygen atoms in total. The fourth-order valence-electron chi connectivity index (χ4n) is 4.84. The Balaban J connectivity index is 1.56. The number of rotatable bonds is 12. The van der Waals surface area contributed by atoms with E-state index in [0.29, 0.717) is 35.1 Å². The van der Waals surface area contributed by atoms with Gasteiger partial charge in [0, 0.05) is 35.5 Å². The first-order chi connectivity index (χ1) is 19.9. The van der Waals surface area contributed by atoms with Crippen LogP contribution in [0.3, 0.4) is 0 Å². The first-order valence-corrected chi connectivity index (χ1v) is 14.4. The van der Waals surface area contributed by atoms with Crippen molar-refractivity contribution < 1.29 is 18.0 Å². The molecule has 9 heteroatoms. The second-order valence-electron chi connectivity index (χ2n) is 11.2. The predicted molar refractivity (Wildman–Crippen MR) is 160 cm³/mol. The van der Waals surface area contributed by atoms with Gasteiger partial charge in [-0.15, -0.1) is 0 Å². The Kier molecular flexibility index (Phi) is 9.81. The van der Waals surface area contributed by atoms with E-state index < -0.39 is 11.7 Å². The van der Waals surface area contributed by atoms with Crippen molar-refractivity contribution in [1.82, 2.24) is 19.7 Å². The summed E-state index contributed by atoms with van der Waals surface area (Å²) in [5.74, 6) is 1.52. The second-order valence-corrected chi connectivity index (χ2v) is 11.2. The highest BCUT2D eigenvalue weighted by Crippen LogP contribution is 2.32. The fourth-order valence-corrected chi connectivity index (χ4v) is 4.84. The molecule has 0 amide bonds. The lowest BCUT2D eigenvalue weighted by atomic mass is 9.95. The number of carbonyl (C=O) groups is 1. The van der Waals surface area contributed by atoms with Crippen LogP contribution >= 0.6 is 0 Å². The Labute approximate surface area is 245 Å². The Morgan fingerprint density at radius 1 is 0.976 bits per heavy atom. The molecule has 0 aliphatic rings. The number of hydrogen-bond acceptors (Lipinski definition) is 5. The first kappa shape index (κ1) is 30.9. The largest absolute Gasteiger partial charge is 0.416 e. The average molecular weight is 578 g/mol. The summed E-state index contributed by atoms with van der Waals surface area (Å²) in [6, 6.07) is 13.1. The molecule has 0 radical (unpaired) electrons. The molecule has 4 rings (SSSR count). The number of anilines is 2. The second kappa shape index (κ2) is 13.3. The molecule has 42 heavy (non-hydrogen) atoms. The number of alkyl halides is 3. The summed E-state index contributed by atoms with van der Waals surface area (Å²) in [7, 11) is 0. The summed E-state index contributed by atoms with van der Waals surface area (Å²) in [5.41, 5.74) is 3.94. The van der Waals surface area contributed by atoms with Crippen LogP contribution in [0.4, 0.5) is 24.7 Å². The molecule has 2 aromatic carbocycles. The van der Waals surface area contributed by atoms with Crippen LogP contribution < -0.4 is 5.32 Å². The van der Waals surface area contributed by atoms with Crippen molar-refractivity contribution in [1.29, 1.82) is 0 Å². The van der Waals surface area contributed by atoms with E-state index in [1.165, 1.54) is 12.4 Å². The monoisotopic (exact) mass is 577 g/mol. The smallest absolute Gasteiger partial charge is 0.340 e. The number of hydrogen-bond donors (Lipinski definition) is 1. The molecule has 2 heterocycles. The van der Waals surface area contributed by atoms with Crippen LogP contribution in [0, 0.1) is 19.8 Å². The van der Waals surface area contributed by atoms with Crippen molar-refractivity contribution in [3.05, 3.63) is 94.1 Å². The van der Waals surface area contributed by atoms with E-state index in [-0.39, 0.29) is 17.8 Å². The maximum Gasteiger partial charge on any atom is 0.416 e. The highest BCUT2D eigenvalue weighted by Gasteiger charge is 2.31. The number of Topliss-reactive ketones (excluding diaryl/α,β-unsaturated/α-hetero) is 1. The number of benzene rings is 2. The molecule has 1 N–H and O–H groups in total. The third-order valence-electron chi connectivity index (χ3n) is 7.19. The average Bonchev–Trinajstić information content (AvgIpc) is 3.32. The van der Waals surface area contributed by atoms with Gasteiger partial charge in [0.25, 0.3) is 0 Å². The van der Waals surface area contributed by atoms with Gasteiger partial charge in [0.05, 0.1) is 11.3 Å². The quantitative estimate of drug-likeness (QED) is 0.135. The van der Waals surface area contributed by atoms with E-state index in [9.17, 15) is 18.0 Å². The van der Waals surface area contributed by atoms with Crippen LogP contribution in [0.25, 0.3) is 5.82 Å². The summed E-state index contributed by atoms with van der Waals surface area (Å²) >= 11 is 0. The van der Waals surface area contributed by atoms with Gasteiger partial charge in [0.1, 0.15) is 12.1 Å². The lowest BCUT2D eigenvalue weighted by Crippen LogP contribution is -2.11. The zero-order valence-corrected chi connectivity index (χ0v) is 24.8. The van der Waals surface area contributed by atoms with E-state index in [0.717, 1.165) is 54.4 Å². The van der Waals surface area contributed by atoms with Gasteiger partial charge in [-0.05, 0) is 80.0 Å².